The Morgan fingerprint density at radius 3 is 2.10 bits per heavy atom. The first kappa shape index (κ1) is 25.9. The van der Waals surface area contributed by atoms with Crippen molar-refractivity contribution in [2.24, 2.45) is 0 Å². The molecular weight excluding hydrogens is 467 g/mol. The third-order valence-corrected chi connectivity index (χ3v) is 13.5. The van der Waals surface area contributed by atoms with Crippen molar-refractivity contribution in [3.8, 4) is 0 Å². The van der Waals surface area contributed by atoms with Crippen molar-refractivity contribution in [3.63, 3.8) is 0 Å². The summed E-state index contributed by atoms with van der Waals surface area (Å²) >= 11 is -0.0483. The average molecular weight is 506 g/mol. The maximum atomic E-state index is 13.4. The van der Waals surface area contributed by atoms with Gasteiger partial charge in [0.25, 0.3) is 0 Å². The van der Waals surface area contributed by atoms with Crippen LogP contribution in [0.4, 0.5) is 0 Å². The Morgan fingerprint density at radius 1 is 0.968 bits per heavy atom. The van der Waals surface area contributed by atoms with Gasteiger partial charge < -0.3 is 0 Å². The Balaban J connectivity index is 2.26. The number of rotatable bonds is 11. The van der Waals surface area contributed by atoms with Crippen LogP contribution in [0.3, 0.4) is 0 Å². The number of carbonyl (C=O) groups is 1. The van der Waals surface area contributed by atoms with E-state index in [2.05, 4.69) is 70.3 Å². The Hall–Kier alpha value is -1.39. The van der Waals surface area contributed by atoms with Crippen molar-refractivity contribution >= 4 is 33.7 Å². The van der Waals surface area contributed by atoms with Crippen LogP contribution in [-0.4, -0.2) is 42.5 Å². The van der Waals surface area contributed by atoms with E-state index in [-0.39, 0.29) is 26.0 Å². The molecule has 170 valence electrons. The summed E-state index contributed by atoms with van der Waals surface area (Å²) < 4.78 is 12.8. The van der Waals surface area contributed by atoms with Gasteiger partial charge in [0.15, 0.2) is 0 Å². The molecule has 5 heteroatoms. The predicted octanol–water partition coefficient (Wildman–Crippen LogP) is 5.78. The van der Waals surface area contributed by atoms with Gasteiger partial charge in [-0.2, -0.15) is 0 Å². The van der Waals surface area contributed by atoms with Gasteiger partial charge in [0.1, 0.15) is 0 Å². The fourth-order valence-corrected chi connectivity index (χ4v) is 7.16. The first-order chi connectivity index (χ1) is 14.6. The summed E-state index contributed by atoms with van der Waals surface area (Å²) in [5.74, 6) is -0.0740. The second kappa shape index (κ2) is 11.5. The molecule has 0 saturated carbocycles. The second-order valence-electron chi connectivity index (χ2n) is 9.50. The first-order valence-corrected chi connectivity index (χ1v) is 15.8. The third-order valence-electron chi connectivity index (χ3n) is 6.03. The summed E-state index contributed by atoms with van der Waals surface area (Å²) in [6.45, 7) is 14.3. The van der Waals surface area contributed by atoms with Crippen LogP contribution in [0.5, 0.6) is 0 Å². The molecule has 0 aliphatic rings. The standard InChI is InChI=1S/C26H38O3SeSi/c1-7-28-24(27)26(21-22-15-10-8-11-16-22,30-23-17-12-9-13-18-23)19-14-20-29-31(5,6)25(2,3)4/h8-13,15-18H,7,14,19-21H2,1-6H3. The zero-order valence-corrected chi connectivity index (χ0v) is 22.7. The van der Waals surface area contributed by atoms with Crippen molar-refractivity contribution in [1.82, 2.24) is 0 Å². The van der Waals surface area contributed by atoms with E-state index >= 15 is 0 Å². The van der Waals surface area contributed by atoms with E-state index in [1.54, 1.807) is 0 Å². The summed E-state index contributed by atoms with van der Waals surface area (Å²) in [5, 5.41) is 0.184. The number of hydrogen-bond acceptors (Lipinski definition) is 3. The van der Waals surface area contributed by atoms with Crippen LogP contribution in [-0.2, 0) is 20.4 Å². The maximum absolute atomic E-state index is 13.4. The Morgan fingerprint density at radius 2 is 1.55 bits per heavy atom. The van der Waals surface area contributed by atoms with E-state index in [0.29, 0.717) is 19.6 Å². The molecule has 2 aromatic rings. The number of ether oxygens (including phenoxy) is 1. The minimum atomic E-state index is -1.80. The molecule has 0 N–H and O–H groups in total. The molecule has 0 heterocycles. The molecule has 0 saturated heterocycles. The van der Waals surface area contributed by atoms with Crippen LogP contribution >= 0.6 is 0 Å². The number of esters is 1. The summed E-state index contributed by atoms with van der Waals surface area (Å²) in [4.78, 5) is 13.4. The topological polar surface area (TPSA) is 35.5 Å². The van der Waals surface area contributed by atoms with Crippen LogP contribution in [0.15, 0.2) is 60.7 Å². The van der Waals surface area contributed by atoms with Crippen molar-refractivity contribution in [2.45, 2.75) is 69.4 Å². The Bertz CT molecular complexity index is 759. The van der Waals surface area contributed by atoms with Gasteiger partial charge in [-0.15, -0.1) is 0 Å². The van der Waals surface area contributed by atoms with Crippen LogP contribution in [0, 0.1) is 0 Å². The molecule has 2 aromatic carbocycles. The SMILES string of the molecule is CCOC(=O)C(CCCO[Si](C)(C)C(C)(C)C)(Cc1ccccc1)[Se]c1ccccc1. The first-order valence-electron chi connectivity index (χ1n) is 11.2. The van der Waals surface area contributed by atoms with Gasteiger partial charge >= 0.3 is 197 Å². The zero-order valence-electron chi connectivity index (χ0n) is 19.9. The molecule has 0 aromatic heterocycles. The van der Waals surface area contributed by atoms with Crippen molar-refractivity contribution in [1.29, 1.82) is 0 Å². The minimum absolute atomic E-state index is 0.0483. The molecule has 0 amide bonds. The molecule has 0 bridgehead atoms. The number of benzene rings is 2. The predicted molar refractivity (Wildman–Crippen MR) is 134 cm³/mol. The Kier molecular flexibility index (Phi) is 9.57. The molecular formula is C26H38O3SeSi. The fraction of sp³-hybridized carbons (Fsp3) is 0.500. The molecule has 0 aliphatic heterocycles. The van der Waals surface area contributed by atoms with E-state index < -0.39 is 12.6 Å². The van der Waals surface area contributed by atoms with Gasteiger partial charge in [-0.05, 0) is 0 Å². The Labute approximate surface area is 196 Å². The zero-order chi connectivity index (χ0) is 23.0. The van der Waals surface area contributed by atoms with Crippen molar-refractivity contribution in [3.05, 3.63) is 66.2 Å². The molecule has 1 unspecified atom stereocenters. The van der Waals surface area contributed by atoms with Gasteiger partial charge in [-0.1, -0.05) is 0 Å². The van der Waals surface area contributed by atoms with E-state index in [1.165, 1.54) is 10.0 Å². The molecule has 0 radical (unpaired) electrons. The summed E-state index contributed by atoms with van der Waals surface area (Å²) in [7, 11) is -1.80. The molecule has 3 nitrogen and oxygen atoms in total. The van der Waals surface area contributed by atoms with Crippen molar-refractivity contribution < 1.29 is 14.0 Å². The molecule has 31 heavy (non-hydrogen) atoms. The summed E-state index contributed by atoms with van der Waals surface area (Å²) in [6.07, 6.45) is 2.32. The monoisotopic (exact) mass is 506 g/mol. The van der Waals surface area contributed by atoms with Crippen LogP contribution in [0.1, 0.15) is 46.1 Å². The van der Waals surface area contributed by atoms with E-state index in [9.17, 15) is 4.79 Å². The molecule has 0 aliphatic carbocycles. The van der Waals surface area contributed by atoms with E-state index in [4.69, 9.17) is 9.16 Å². The van der Waals surface area contributed by atoms with Gasteiger partial charge in [0.2, 0.25) is 0 Å². The van der Waals surface area contributed by atoms with E-state index in [1.807, 2.05) is 31.2 Å². The summed E-state index contributed by atoms with van der Waals surface area (Å²) in [6, 6.07) is 20.7. The van der Waals surface area contributed by atoms with Gasteiger partial charge in [0, 0.05) is 0 Å². The molecule has 2 rings (SSSR count). The van der Waals surface area contributed by atoms with E-state index in [0.717, 1.165) is 12.8 Å². The molecule has 0 fully saturated rings. The van der Waals surface area contributed by atoms with Gasteiger partial charge in [-0.25, -0.2) is 0 Å². The van der Waals surface area contributed by atoms with Crippen LogP contribution in [0.2, 0.25) is 22.4 Å². The fourth-order valence-electron chi connectivity index (χ4n) is 3.20. The number of carbonyl (C=O) groups excluding carboxylic acids is 1. The quantitative estimate of drug-likeness (QED) is 0.221. The van der Waals surface area contributed by atoms with Crippen molar-refractivity contribution in [2.75, 3.05) is 13.2 Å². The number of hydrogen-bond donors (Lipinski definition) is 0. The average Bonchev–Trinajstić information content (AvgIpc) is 2.72. The molecule has 1 atom stereocenters. The molecule has 0 spiro atoms. The van der Waals surface area contributed by atoms with Gasteiger partial charge in [-0.3, -0.25) is 0 Å². The normalized spacial score (nSPS) is 14.1. The van der Waals surface area contributed by atoms with Crippen LogP contribution in [0.25, 0.3) is 0 Å². The van der Waals surface area contributed by atoms with Crippen LogP contribution < -0.4 is 4.46 Å². The second-order valence-corrected chi connectivity index (χ2v) is 17.4. The third kappa shape index (κ3) is 7.60. The van der Waals surface area contributed by atoms with Gasteiger partial charge in [0.05, 0.1) is 0 Å². The summed E-state index contributed by atoms with van der Waals surface area (Å²) in [5.41, 5.74) is 1.18.